The first-order chi connectivity index (χ1) is 16.4. The van der Waals surface area contributed by atoms with E-state index in [1.165, 1.54) is 6.92 Å². The van der Waals surface area contributed by atoms with Crippen molar-refractivity contribution in [2.75, 3.05) is 33.0 Å². The summed E-state index contributed by atoms with van der Waals surface area (Å²) in [5.41, 5.74) is 0. The summed E-state index contributed by atoms with van der Waals surface area (Å²) < 4.78 is 14.7. The maximum Gasteiger partial charge on any atom is 0.384 e. The summed E-state index contributed by atoms with van der Waals surface area (Å²) in [5, 5.41) is 5.99. The van der Waals surface area contributed by atoms with Gasteiger partial charge in [0.2, 0.25) is 24.4 Å². The number of amides is 2. The number of carbonyl (C=O) groups excluding carboxylic acids is 4. The van der Waals surface area contributed by atoms with Crippen LogP contribution in [0.15, 0.2) is 11.5 Å². The summed E-state index contributed by atoms with van der Waals surface area (Å²) in [6.45, 7) is 4.38. The van der Waals surface area contributed by atoms with E-state index in [9.17, 15) is 19.2 Å². The van der Waals surface area contributed by atoms with Gasteiger partial charge in [0.1, 0.15) is 11.8 Å². The molecule has 10 heteroatoms. The van der Waals surface area contributed by atoms with Gasteiger partial charge < -0.3 is 29.7 Å². The summed E-state index contributed by atoms with van der Waals surface area (Å²) in [5.74, 6) is 0.495. The lowest BCUT2D eigenvalue weighted by molar-refractivity contribution is -0.159. The zero-order chi connectivity index (χ0) is 24.5. The monoisotopic (exact) mass is 475 g/mol. The number of nitrogens with one attached hydrogen (secondary N) is 2. The molecule has 186 valence electrons. The Morgan fingerprint density at radius 3 is 2.68 bits per heavy atom. The fourth-order valence-corrected chi connectivity index (χ4v) is 4.42. The molecule has 2 atom stereocenters. The van der Waals surface area contributed by atoms with Gasteiger partial charge in [-0.05, 0) is 58.0 Å². The minimum atomic E-state index is -0.965. The van der Waals surface area contributed by atoms with Crippen molar-refractivity contribution in [2.24, 2.45) is 11.8 Å². The number of rotatable bonds is 8. The minimum Gasteiger partial charge on any atom is -0.458 e. The number of ether oxygens (including phenoxy) is 3. The Balaban J connectivity index is 1.43. The molecule has 0 aromatic carbocycles. The van der Waals surface area contributed by atoms with Crippen LogP contribution in [-0.2, 0) is 33.4 Å². The Morgan fingerprint density at radius 2 is 2.00 bits per heavy atom. The number of likely N-dealkylation sites (tertiary alicyclic amines) is 1. The maximum absolute atomic E-state index is 12.8. The molecule has 0 unspecified atom stereocenters. The van der Waals surface area contributed by atoms with Gasteiger partial charge in [-0.3, -0.25) is 14.4 Å². The SMILES string of the molecule is C#C[C@H](CC(=O)OC(=O)C1=C(C)OCO1)NC(=O)[C@@H]1CCCN(C(=O)CCC2CCNCC2)C1. The minimum absolute atomic E-state index is 0.0781. The molecule has 2 fully saturated rings. The van der Waals surface area contributed by atoms with Crippen molar-refractivity contribution in [2.45, 2.75) is 57.9 Å². The molecule has 34 heavy (non-hydrogen) atoms. The Labute approximate surface area is 199 Å². The Hall–Kier alpha value is -3.06. The van der Waals surface area contributed by atoms with E-state index in [-0.39, 0.29) is 36.5 Å². The van der Waals surface area contributed by atoms with Crippen LogP contribution in [0.3, 0.4) is 0 Å². The number of nitrogens with zero attached hydrogens (tertiary/aromatic N) is 1. The predicted molar refractivity (Wildman–Crippen MR) is 120 cm³/mol. The van der Waals surface area contributed by atoms with E-state index >= 15 is 0 Å². The first-order valence-electron chi connectivity index (χ1n) is 11.8. The van der Waals surface area contributed by atoms with Crippen molar-refractivity contribution >= 4 is 23.8 Å². The Kier molecular flexibility index (Phi) is 9.33. The van der Waals surface area contributed by atoms with Crippen LogP contribution in [0.4, 0.5) is 0 Å². The third-order valence-corrected chi connectivity index (χ3v) is 6.45. The fourth-order valence-electron chi connectivity index (χ4n) is 4.42. The summed E-state index contributed by atoms with van der Waals surface area (Å²) in [6.07, 6.45) is 10.0. The third-order valence-electron chi connectivity index (χ3n) is 6.45. The molecule has 2 amide bonds. The molecule has 10 nitrogen and oxygen atoms in total. The fraction of sp³-hybridized carbons (Fsp3) is 0.667. The number of piperidine rings is 2. The summed E-state index contributed by atoms with van der Waals surface area (Å²) >= 11 is 0. The number of carbonyl (C=O) groups is 4. The molecule has 0 spiro atoms. The molecule has 0 aliphatic carbocycles. The molecule has 3 heterocycles. The summed E-state index contributed by atoms with van der Waals surface area (Å²) in [6, 6.07) is -0.936. The maximum atomic E-state index is 12.8. The molecule has 0 aromatic heterocycles. The van der Waals surface area contributed by atoms with E-state index in [1.54, 1.807) is 4.90 Å². The second-order valence-corrected chi connectivity index (χ2v) is 8.90. The average Bonchev–Trinajstić information content (AvgIpc) is 3.28. The number of hydrogen-bond donors (Lipinski definition) is 2. The van der Waals surface area contributed by atoms with Gasteiger partial charge in [-0.15, -0.1) is 6.42 Å². The summed E-state index contributed by atoms with van der Waals surface area (Å²) in [7, 11) is 0. The van der Waals surface area contributed by atoms with Crippen LogP contribution >= 0.6 is 0 Å². The molecule has 0 aromatic rings. The highest BCUT2D eigenvalue weighted by Gasteiger charge is 2.31. The first kappa shape index (κ1) is 25.6. The standard InChI is InChI=1S/C24H33N3O7/c1-3-19(13-21(29)34-24(31)22-16(2)32-15-33-22)26-23(30)18-5-4-12-27(14-18)20(28)7-6-17-8-10-25-11-9-17/h1,17-19,25H,4-15H2,2H3,(H,26,30)/t18-,19-/m1/s1. The normalized spacial score (nSPS) is 21.6. The smallest absolute Gasteiger partial charge is 0.384 e. The lowest BCUT2D eigenvalue weighted by atomic mass is 9.92. The lowest BCUT2D eigenvalue weighted by Gasteiger charge is -2.33. The van der Waals surface area contributed by atoms with E-state index in [2.05, 4.69) is 16.6 Å². The van der Waals surface area contributed by atoms with Crippen molar-refractivity contribution in [3.8, 4) is 12.3 Å². The number of esters is 2. The lowest BCUT2D eigenvalue weighted by Crippen LogP contribution is -2.47. The highest BCUT2D eigenvalue weighted by molar-refractivity contribution is 5.95. The molecule has 0 radical (unpaired) electrons. The second-order valence-electron chi connectivity index (χ2n) is 8.90. The quantitative estimate of drug-likeness (QED) is 0.301. The molecule has 0 bridgehead atoms. The molecule has 3 aliphatic heterocycles. The van der Waals surface area contributed by atoms with Gasteiger partial charge in [0, 0.05) is 19.5 Å². The third kappa shape index (κ3) is 7.22. The second kappa shape index (κ2) is 12.4. The molecule has 3 aliphatic rings. The van der Waals surface area contributed by atoms with Crippen molar-refractivity contribution in [3.05, 3.63) is 11.5 Å². The van der Waals surface area contributed by atoms with E-state index in [1.807, 2.05) is 0 Å². The first-order valence-corrected chi connectivity index (χ1v) is 11.8. The largest absolute Gasteiger partial charge is 0.458 e. The molecular weight excluding hydrogens is 442 g/mol. The van der Waals surface area contributed by atoms with Crippen molar-refractivity contribution in [1.29, 1.82) is 0 Å². The van der Waals surface area contributed by atoms with Crippen LogP contribution in [0, 0.1) is 24.2 Å². The van der Waals surface area contributed by atoms with Gasteiger partial charge >= 0.3 is 11.9 Å². The van der Waals surface area contributed by atoms with E-state index in [0.29, 0.717) is 31.8 Å². The summed E-state index contributed by atoms with van der Waals surface area (Å²) in [4.78, 5) is 51.3. The Bertz CT molecular complexity index is 857. The number of terminal acetylenes is 1. The highest BCUT2D eigenvalue weighted by Crippen LogP contribution is 2.22. The van der Waals surface area contributed by atoms with Gasteiger partial charge in [0.05, 0.1) is 12.3 Å². The molecule has 2 N–H and O–H groups in total. The van der Waals surface area contributed by atoms with Gasteiger partial charge in [-0.2, -0.15) is 0 Å². The number of hydrogen-bond acceptors (Lipinski definition) is 8. The van der Waals surface area contributed by atoms with E-state index < -0.39 is 23.9 Å². The van der Waals surface area contributed by atoms with Crippen molar-refractivity contribution in [3.63, 3.8) is 0 Å². The predicted octanol–water partition coefficient (Wildman–Crippen LogP) is 0.819. The van der Waals surface area contributed by atoms with Crippen LogP contribution in [0.25, 0.3) is 0 Å². The molecule has 2 saturated heterocycles. The van der Waals surface area contributed by atoms with Gasteiger partial charge in [-0.25, -0.2) is 4.79 Å². The van der Waals surface area contributed by atoms with Gasteiger partial charge in [-0.1, -0.05) is 5.92 Å². The molecule has 0 saturated carbocycles. The van der Waals surface area contributed by atoms with E-state index in [0.717, 1.165) is 38.8 Å². The van der Waals surface area contributed by atoms with Crippen molar-refractivity contribution in [1.82, 2.24) is 15.5 Å². The van der Waals surface area contributed by atoms with Gasteiger partial charge in [0.15, 0.2) is 0 Å². The zero-order valence-electron chi connectivity index (χ0n) is 19.6. The van der Waals surface area contributed by atoms with Crippen LogP contribution in [-0.4, -0.2) is 67.7 Å². The van der Waals surface area contributed by atoms with Crippen LogP contribution in [0.2, 0.25) is 0 Å². The van der Waals surface area contributed by atoms with Crippen LogP contribution in [0.1, 0.15) is 51.9 Å². The van der Waals surface area contributed by atoms with Crippen molar-refractivity contribution < 1.29 is 33.4 Å². The highest BCUT2D eigenvalue weighted by atomic mass is 16.7. The Morgan fingerprint density at radius 1 is 1.24 bits per heavy atom. The zero-order valence-corrected chi connectivity index (χ0v) is 19.6. The van der Waals surface area contributed by atoms with Crippen LogP contribution in [0.5, 0.6) is 0 Å². The van der Waals surface area contributed by atoms with Crippen LogP contribution < -0.4 is 10.6 Å². The van der Waals surface area contributed by atoms with E-state index in [4.69, 9.17) is 20.6 Å². The molecule has 3 rings (SSSR count). The average molecular weight is 476 g/mol. The molecular formula is C24H33N3O7. The number of allylic oxidation sites excluding steroid dienone is 1. The van der Waals surface area contributed by atoms with Gasteiger partial charge in [0.25, 0.3) is 0 Å². The topological polar surface area (TPSA) is 123 Å².